The van der Waals surface area contributed by atoms with Crippen molar-refractivity contribution in [3.63, 3.8) is 0 Å². The van der Waals surface area contributed by atoms with Crippen LogP contribution in [0.5, 0.6) is 0 Å². The third-order valence-electron chi connectivity index (χ3n) is 1.68. The third kappa shape index (κ3) is 1.87. The molecule has 13 heavy (non-hydrogen) atoms. The molecule has 0 bridgehead atoms. The van der Waals surface area contributed by atoms with E-state index in [1.165, 1.54) is 11.3 Å². The first-order valence-corrected chi connectivity index (χ1v) is 4.85. The van der Waals surface area contributed by atoms with Crippen molar-refractivity contribution in [2.24, 2.45) is 0 Å². The van der Waals surface area contributed by atoms with Crippen LogP contribution in [0.25, 0.3) is 0 Å². The summed E-state index contributed by atoms with van der Waals surface area (Å²) in [5.41, 5.74) is 0. The van der Waals surface area contributed by atoms with Crippen molar-refractivity contribution in [1.82, 2.24) is 0 Å². The average Bonchev–Trinajstić information content (AvgIpc) is 2.74. The van der Waals surface area contributed by atoms with Crippen LogP contribution in [-0.4, -0.2) is 5.97 Å². The summed E-state index contributed by atoms with van der Waals surface area (Å²) in [5.74, 6) is 0.461. The van der Waals surface area contributed by atoms with E-state index in [1.807, 2.05) is 29.7 Å². The van der Waals surface area contributed by atoms with Crippen molar-refractivity contribution >= 4 is 17.3 Å². The van der Waals surface area contributed by atoms with Crippen molar-refractivity contribution in [2.75, 3.05) is 0 Å². The molecule has 0 unspecified atom stereocenters. The number of carbonyl (C=O) groups is 1. The van der Waals surface area contributed by atoms with Gasteiger partial charge in [-0.3, -0.25) is 0 Å². The van der Waals surface area contributed by atoms with Crippen LogP contribution in [0.15, 0.2) is 41.5 Å². The van der Waals surface area contributed by atoms with Crippen molar-refractivity contribution in [2.45, 2.75) is 6.42 Å². The predicted octanol–water partition coefficient (Wildman–Crippen LogP) is 2.75. The summed E-state index contributed by atoms with van der Waals surface area (Å²) in [7, 11) is 0. The van der Waals surface area contributed by atoms with Gasteiger partial charge < -0.3 is 4.74 Å². The van der Waals surface area contributed by atoms with E-state index in [9.17, 15) is 4.79 Å². The monoisotopic (exact) mass is 192 g/mol. The quantitative estimate of drug-likeness (QED) is 0.673. The second kappa shape index (κ2) is 3.58. The summed E-state index contributed by atoms with van der Waals surface area (Å²) in [4.78, 5) is 12.0. The third-order valence-corrected chi connectivity index (χ3v) is 2.53. The van der Waals surface area contributed by atoms with Gasteiger partial charge in [0.05, 0.1) is 0 Å². The molecule has 1 aromatic heterocycles. The topological polar surface area (TPSA) is 26.3 Å². The zero-order chi connectivity index (χ0) is 9.10. The van der Waals surface area contributed by atoms with E-state index in [4.69, 9.17) is 4.74 Å². The van der Waals surface area contributed by atoms with Gasteiger partial charge in [0.1, 0.15) is 10.6 Å². The largest absolute Gasteiger partial charge is 0.427 e. The Kier molecular flexibility index (Phi) is 2.27. The minimum absolute atomic E-state index is 0.259. The normalized spacial score (nSPS) is 14.3. The summed E-state index contributed by atoms with van der Waals surface area (Å²) >= 11 is 1.39. The Morgan fingerprint density at radius 2 is 2.46 bits per heavy atom. The molecular weight excluding hydrogens is 184 g/mol. The van der Waals surface area contributed by atoms with E-state index < -0.39 is 0 Å². The van der Waals surface area contributed by atoms with Gasteiger partial charge in [0.15, 0.2) is 0 Å². The fourth-order valence-electron chi connectivity index (χ4n) is 1.07. The molecule has 2 nitrogen and oxygen atoms in total. The highest BCUT2D eigenvalue weighted by molar-refractivity contribution is 7.11. The smallest absolute Gasteiger partial charge is 0.353 e. The molecule has 0 radical (unpaired) electrons. The fraction of sp³-hybridized carbons (Fsp3) is 0.100. The highest BCUT2D eigenvalue weighted by Crippen LogP contribution is 2.16. The zero-order valence-electron chi connectivity index (χ0n) is 6.90. The van der Waals surface area contributed by atoms with Crippen molar-refractivity contribution in [1.29, 1.82) is 0 Å². The van der Waals surface area contributed by atoms with E-state index in [2.05, 4.69) is 0 Å². The van der Waals surface area contributed by atoms with Crippen molar-refractivity contribution < 1.29 is 9.53 Å². The second-order valence-electron chi connectivity index (χ2n) is 2.63. The molecule has 0 aromatic carbocycles. The number of hydrogen-bond acceptors (Lipinski definition) is 3. The number of esters is 1. The molecule has 0 saturated carbocycles. The minimum atomic E-state index is -0.259. The summed E-state index contributed by atoms with van der Waals surface area (Å²) in [6.07, 6.45) is 6.37. The van der Waals surface area contributed by atoms with Crippen LogP contribution in [0.4, 0.5) is 0 Å². The fourth-order valence-corrected chi connectivity index (χ4v) is 1.67. The minimum Gasteiger partial charge on any atom is -0.427 e. The lowest BCUT2D eigenvalue weighted by Gasteiger charge is -2.01. The maximum absolute atomic E-state index is 11.4. The van der Waals surface area contributed by atoms with E-state index in [0.29, 0.717) is 4.88 Å². The Balaban J connectivity index is 2.00. The second-order valence-corrected chi connectivity index (χ2v) is 3.58. The van der Waals surface area contributed by atoms with Gasteiger partial charge in [0.2, 0.25) is 0 Å². The molecule has 0 amide bonds. The molecule has 1 aliphatic rings. The Morgan fingerprint density at radius 1 is 1.54 bits per heavy atom. The molecule has 66 valence electrons. The van der Waals surface area contributed by atoms with Crippen LogP contribution < -0.4 is 0 Å². The van der Waals surface area contributed by atoms with Crippen molar-refractivity contribution in [3.8, 4) is 0 Å². The van der Waals surface area contributed by atoms with Crippen molar-refractivity contribution in [3.05, 3.63) is 46.4 Å². The van der Waals surface area contributed by atoms with Gasteiger partial charge in [0.25, 0.3) is 0 Å². The number of ether oxygens (including phenoxy) is 1. The molecule has 0 atom stereocenters. The van der Waals surface area contributed by atoms with Gasteiger partial charge in [-0.1, -0.05) is 18.2 Å². The Labute approximate surface area is 80.2 Å². The van der Waals surface area contributed by atoms with Gasteiger partial charge in [-0.05, 0) is 17.5 Å². The first-order chi connectivity index (χ1) is 6.36. The van der Waals surface area contributed by atoms with Gasteiger partial charge in [-0.2, -0.15) is 0 Å². The number of carbonyl (C=O) groups excluding carboxylic acids is 1. The summed E-state index contributed by atoms with van der Waals surface area (Å²) in [6.45, 7) is 0. The van der Waals surface area contributed by atoms with E-state index >= 15 is 0 Å². The highest BCUT2D eigenvalue weighted by atomic mass is 32.1. The molecule has 3 heteroatoms. The number of allylic oxidation sites excluding steroid dienone is 3. The molecule has 1 aliphatic carbocycles. The van der Waals surface area contributed by atoms with Crippen LogP contribution in [0, 0.1) is 0 Å². The summed E-state index contributed by atoms with van der Waals surface area (Å²) < 4.78 is 5.13. The maximum atomic E-state index is 11.4. The highest BCUT2D eigenvalue weighted by Gasteiger charge is 2.11. The predicted molar refractivity (Wildman–Crippen MR) is 51.6 cm³/mol. The Hall–Kier alpha value is -1.35. The standard InChI is InChI=1S/C10H8O2S/c11-10(9-6-3-7-13-9)12-8-4-1-2-5-8/h1-4,6-7H,5H2. The lowest BCUT2D eigenvalue weighted by atomic mass is 10.4. The maximum Gasteiger partial charge on any atom is 0.353 e. The van der Waals surface area contributed by atoms with Crippen LogP contribution >= 0.6 is 11.3 Å². The lowest BCUT2D eigenvalue weighted by Crippen LogP contribution is -2.01. The Morgan fingerprint density at radius 3 is 3.08 bits per heavy atom. The molecule has 2 rings (SSSR count). The summed E-state index contributed by atoms with van der Waals surface area (Å²) in [6, 6.07) is 3.60. The molecule has 0 fully saturated rings. The van der Waals surface area contributed by atoms with Crippen LogP contribution in [-0.2, 0) is 4.74 Å². The molecule has 0 spiro atoms. The molecular formula is C10H8O2S. The molecule has 1 aromatic rings. The van der Waals surface area contributed by atoms with Gasteiger partial charge >= 0.3 is 5.97 Å². The van der Waals surface area contributed by atoms with E-state index in [0.717, 1.165) is 12.2 Å². The SMILES string of the molecule is O=C(OC1=CC=CC1)c1cccs1. The number of thiophene rings is 1. The van der Waals surface area contributed by atoms with Crippen LogP contribution in [0.1, 0.15) is 16.1 Å². The summed E-state index contributed by atoms with van der Waals surface area (Å²) in [5, 5.41) is 1.86. The number of rotatable bonds is 2. The molecule has 0 aliphatic heterocycles. The van der Waals surface area contributed by atoms with E-state index in [-0.39, 0.29) is 5.97 Å². The van der Waals surface area contributed by atoms with Crippen LogP contribution in [0.2, 0.25) is 0 Å². The Bertz CT molecular complexity index is 360. The average molecular weight is 192 g/mol. The zero-order valence-corrected chi connectivity index (χ0v) is 7.71. The number of hydrogen-bond donors (Lipinski definition) is 0. The van der Waals surface area contributed by atoms with E-state index in [1.54, 1.807) is 6.07 Å². The first kappa shape index (κ1) is 8.26. The van der Waals surface area contributed by atoms with Gasteiger partial charge in [-0.25, -0.2) is 4.79 Å². The molecule has 0 saturated heterocycles. The van der Waals surface area contributed by atoms with Crippen LogP contribution in [0.3, 0.4) is 0 Å². The first-order valence-electron chi connectivity index (χ1n) is 3.97. The van der Waals surface area contributed by atoms with Gasteiger partial charge in [-0.15, -0.1) is 11.3 Å². The molecule has 0 N–H and O–H groups in total. The molecule has 1 heterocycles. The van der Waals surface area contributed by atoms with Gasteiger partial charge in [0, 0.05) is 6.42 Å². The lowest BCUT2D eigenvalue weighted by molar-refractivity contribution is 0.0626.